The topological polar surface area (TPSA) is 76.2 Å². The van der Waals surface area contributed by atoms with Gasteiger partial charge in [-0.15, -0.1) is 0 Å². The summed E-state index contributed by atoms with van der Waals surface area (Å²) in [4.78, 5) is 13.0. The SMILES string of the molecule is CC1(C)CC(NC(=O)c2cn[nH]c2C2CCOCC2)c2ccccc2O1. The van der Waals surface area contributed by atoms with Crippen molar-refractivity contribution in [1.29, 1.82) is 0 Å². The van der Waals surface area contributed by atoms with Crippen molar-refractivity contribution >= 4 is 5.91 Å². The lowest BCUT2D eigenvalue weighted by atomic mass is 9.89. The second kappa shape index (κ2) is 6.76. The summed E-state index contributed by atoms with van der Waals surface area (Å²) in [6, 6.07) is 7.83. The van der Waals surface area contributed by atoms with E-state index in [1.807, 2.05) is 38.1 Å². The van der Waals surface area contributed by atoms with Gasteiger partial charge in [-0.05, 0) is 32.8 Å². The zero-order valence-electron chi connectivity index (χ0n) is 15.2. The second-order valence-electron chi connectivity index (χ2n) is 7.71. The first-order chi connectivity index (χ1) is 12.5. The van der Waals surface area contributed by atoms with Crippen molar-refractivity contribution in [3.63, 3.8) is 0 Å². The van der Waals surface area contributed by atoms with Crippen molar-refractivity contribution in [3.05, 3.63) is 47.3 Å². The molecule has 2 aromatic rings. The molecule has 6 heteroatoms. The number of hydrogen-bond acceptors (Lipinski definition) is 4. The summed E-state index contributed by atoms with van der Waals surface area (Å²) in [6.07, 6.45) is 4.18. The second-order valence-corrected chi connectivity index (χ2v) is 7.71. The fourth-order valence-electron chi connectivity index (χ4n) is 3.94. The van der Waals surface area contributed by atoms with Crippen LogP contribution in [0.2, 0.25) is 0 Å². The van der Waals surface area contributed by atoms with Crippen LogP contribution in [0.25, 0.3) is 0 Å². The van der Waals surface area contributed by atoms with Crippen LogP contribution in [0.4, 0.5) is 0 Å². The predicted octanol–water partition coefficient (Wildman–Crippen LogP) is 3.34. The van der Waals surface area contributed by atoms with Gasteiger partial charge in [0, 0.05) is 31.1 Å². The van der Waals surface area contributed by atoms with Gasteiger partial charge in [-0.25, -0.2) is 0 Å². The maximum atomic E-state index is 13.0. The number of nitrogens with zero attached hydrogens (tertiary/aromatic N) is 1. The number of para-hydroxylation sites is 1. The van der Waals surface area contributed by atoms with E-state index in [9.17, 15) is 4.79 Å². The van der Waals surface area contributed by atoms with Gasteiger partial charge in [0.2, 0.25) is 0 Å². The first kappa shape index (κ1) is 17.1. The van der Waals surface area contributed by atoms with E-state index in [4.69, 9.17) is 9.47 Å². The van der Waals surface area contributed by atoms with E-state index in [2.05, 4.69) is 15.5 Å². The molecule has 1 atom stereocenters. The first-order valence-electron chi connectivity index (χ1n) is 9.23. The molecule has 6 nitrogen and oxygen atoms in total. The number of H-pyrrole nitrogens is 1. The number of nitrogens with one attached hydrogen (secondary N) is 2. The van der Waals surface area contributed by atoms with Gasteiger partial charge in [0.1, 0.15) is 11.4 Å². The Labute approximate surface area is 153 Å². The van der Waals surface area contributed by atoms with E-state index in [-0.39, 0.29) is 17.6 Å². The average molecular weight is 355 g/mol. The minimum absolute atomic E-state index is 0.0834. The summed E-state index contributed by atoms with van der Waals surface area (Å²) in [5, 5.41) is 10.4. The number of fused-ring (bicyclic) bond motifs is 1. The standard InChI is InChI=1S/C20H25N3O3/c1-20(2)11-16(14-5-3-4-6-17(14)26-20)22-19(24)15-12-21-23-18(15)13-7-9-25-10-8-13/h3-6,12-13,16H,7-11H2,1-2H3,(H,21,23)(H,22,24). The van der Waals surface area contributed by atoms with Crippen LogP contribution in [-0.2, 0) is 4.74 Å². The third kappa shape index (κ3) is 3.33. The normalized spacial score (nSPS) is 22.3. The van der Waals surface area contributed by atoms with Crippen LogP contribution in [0.1, 0.15) is 66.7 Å². The van der Waals surface area contributed by atoms with Crippen LogP contribution in [-0.4, -0.2) is 34.9 Å². The zero-order chi connectivity index (χ0) is 18.1. The van der Waals surface area contributed by atoms with Gasteiger partial charge >= 0.3 is 0 Å². The fraction of sp³-hybridized carbons (Fsp3) is 0.500. The summed E-state index contributed by atoms with van der Waals surface area (Å²) in [6.45, 7) is 5.55. The molecular formula is C20H25N3O3. The number of carbonyl (C=O) groups excluding carboxylic acids is 1. The van der Waals surface area contributed by atoms with Crippen LogP contribution in [0.3, 0.4) is 0 Å². The highest BCUT2D eigenvalue weighted by Gasteiger charge is 2.35. The van der Waals surface area contributed by atoms with E-state index >= 15 is 0 Å². The molecule has 0 bridgehead atoms. The lowest BCUT2D eigenvalue weighted by Crippen LogP contribution is -2.41. The molecule has 2 N–H and O–H groups in total. The van der Waals surface area contributed by atoms with Crippen molar-refractivity contribution in [1.82, 2.24) is 15.5 Å². The quantitative estimate of drug-likeness (QED) is 0.885. The number of aromatic nitrogens is 2. The number of hydrogen-bond donors (Lipinski definition) is 2. The zero-order valence-corrected chi connectivity index (χ0v) is 15.2. The van der Waals surface area contributed by atoms with Crippen molar-refractivity contribution in [2.75, 3.05) is 13.2 Å². The van der Waals surface area contributed by atoms with E-state index < -0.39 is 0 Å². The molecule has 1 saturated heterocycles. The molecule has 0 spiro atoms. The highest BCUT2D eigenvalue weighted by atomic mass is 16.5. The van der Waals surface area contributed by atoms with Crippen molar-refractivity contribution < 1.29 is 14.3 Å². The van der Waals surface area contributed by atoms with Gasteiger partial charge in [-0.2, -0.15) is 5.10 Å². The molecule has 0 aliphatic carbocycles. The number of rotatable bonds is 3. The smallest absolute Gasteiger partial charge is 0.255 e. The molecule has 1 fully saturated rings. The maximum Gasteiger partial charge on any atom is 0.255 e. The predicted molar refractivity (Wildman–Crippen MR) is 97.4 cm³/mol. The van der Waals surface area contributed by atoms with Crippen LogP contribution >= 0.6 is 0 Å². The molecule has 2 aliphatic rings. The Morgan fingerprint density at radius 1 is 1.27 bits per heavy atom. The first-order valence-corrected chi connectivity index (χ1v) is 9.23. The molecular weight excluding hydrogens is 330 g/mol. The van der Waals surface area contributed by atoms with Gasteiger partial charge in [0.05, 0.1) is 23.5 Å². The Kier molecular flexibility index (Phi) is 4.44. The van der Waals surface area contributed by atoms with Crippen LogP contribution in [0.15, 0.2) is 30.5 Å². The highest BCUT2D eigenvalue weighted by molar-refractivity contribution is 5.95. The minimum Gasteiger partial charge on any atom is -0.487 e. The van der Waals surface area contributed by atoms with Gasteiger partial charge < -0.3 is 14.8 Å². The van der Waals surface area contributed by atoms with Crippen LogP contribution in [0, 0.1) is 0 Å². The molecule has 3 heterocycles. The average Bonchev–Trinajstić information content (AvgIpc) is 3.11. The Bertz CT molecular complexity index is 793. The molecule has 26 heavy (non-hydrogen) atoms. The molecule has 1 amide bonds. The molecule has 1 aromatic carbocycles. The monoisotopic (exact) mass is 355 g/mol. The summed E-state index contributed by atoms with van der Waals surface area (Å²) in [5.74, 6) is 1.05. The summed E-state index contributed by atoms with van der Waals surface area (Å²) in [7, 11) is 0. The molecule has 4 rings (SSSR count). The lowest BCUT2D eigenvalue weighted by Gasteiger charge is -2.37. The molecule has 0 saturated carbocycles. The van der Waals surface area contributed by atoms with Crippen molar-refractivity contribution in [2.24, 2.45) is 0 Å². The van der Waals surface area contributed by atoms with Crippen molar-refractivity contribution in [2.45, 2.75) is 50.7 Å². The Hall–Kier alpha value is -2.34. The van der Waals surface area contributed by atoms with E-state index in [1.54, 1.807) is 6.20 Å². The molecule has 0 radical (unpaired) electrons. The molecule has 2 aliphatic heterocycles. The third-order valence-electron chi connectivity index (χ3n) is 5.22. The Morgan fingerprint density at radius 3 is 2.85 bits per heavy atom. The van der Waals surface area contributed by atoms with Crippen LogP contribution < -0.4 is 10.1 Å². The van der Waals surface area contributed by atoms with E-state index in [0.29, 0.717) is 11.5 Å². The number of aromatic amines is 1. The molecule has 1 aromatic heterocycles. The number of carbonyl (C=O) groups is 1. The van der Waals surface area contributed by atoms with Gasteiger partial charge in [-0.1, -0.05) is 18.2 Å². The van der Waals surface area contributed by atoms with Crippen molar-refractivity contribution in [3.8, 4) is 5.75 Å². The number of ether oxygens (including phenoxy) is 2. The Balaban J connectivity index is 1.56. The van der Waals surface area contributed by atoms with Gasteiger partial charge in [0.15, 0.2) is 0 Å². The largest absolute Gasteiger partial charge is 0.487 e. The van der Waals surface area contributed by atoms with E-state index in [0.717, 1.165) is 49.5 Å². The third-order valence-corrected chi connectivity index (χ3v) is 5.22. The minimum atomic E-state index is -0.327. The summed E-state index contributed by atoms with van der Waals surface area (Å²) < 4.78 is 11.5. The number of amides is 1. The summed E-state index contributed by atoms with van der Waals surface area (Å²) in [5.41, 5.74) is 2.26. The highest BCUT2D eigenvalue weighted by Crippen LogP contribution is 2.39. The summed E-state index contributed by atoms with van der Waals surface area (Å²) >= 11 is 0. The lowest BCUT2D eigenvalue weighted by molar-refractivity contribution is 0.0617. The fourth-order valence-corrected chi connectivity index (χ4v) is 3.94. The van der Waals surface area contributed by atoms with Gasteiger partial charge in [0.25, 0.3) is 5.91 Å². The Morgan fingerprint density at radius 2 is 2.04 bits per heavy atom. The maximum absolute atomic E-state index is 13.0. The number of benzene rings is 1. The molecule has 138 valence electrons. The molecule has 1 unspecified atom stereocenters. The van der Waals surface area contributed by atoms with E-state index in [1.165, 1.54) is 0 Å². The van der Waals surface area contributed by atoms with Crippen LogP contribution in [0.5, 0.6) is 5.75 Å². The van der Waals surface area contributed by atoms with Gasteiger partial charge in [-0.3, -0.25) is 9.89 Å².